The summed E-state index contributed by atoms with van der Waals surface area (Å²) in [5, 5.41) is 10.3. The van der Waals surface area contributed by atoms with Gasteiger partial charge in [0.2, 0.25) is 0 Å². The molecule has 0 radical (unpaired) electrons. The lowest BCUT2D eigenvalue weighted by atomic mass is 10.1. The first-order chi connectivity index (χ1) is 7.34. The topological polar surface area (TPSA) is 49.2 Å². The monoisotopic (exact) mass is 201 g/mol. The minimum absolute atomic E-state index is 0.210. The van der Waals surface area contributed by atoms with Crippen LogP contribution in [0.1, 0.15) is 0 Å². The molecule has 0 atom stereocenters. The maximum absolute atomic E-state index is 9.27. The Balaban J connectivity index is 2.10. The van der Waals surface area contributed by atoms with Crippen molar-refractivity contribution in [2.24, 2.45) is 0 Å². The minimum atomic E-state index is -0.210. The normalized spacial score (nSPS) is 16.7. The molecule has 0 bridgehead atoms. The third-order valence-electron chi connectivity index (χ3n) is 2.68. The van der Waals surface area contributed by atoms with Crippen molar-refractivity contribution in [2.45, 2.75) is 6.10 Å². The molecule has 0 spiro atoms. The number of fused-ring (bicyclic) bond motifs is 1. The molecular formula is C11H11N3O. The highest BCUT2D eigenvalue weighted by Crippen LogP contribution is 2.25. The fourth-order valence-corrected chi connectivity index (χ4v) is 1.87. The Morgan fingerprint density at radius 2 is 2.00 bits per heavy atom. The Morgan fingerprint density at radius 1 is 1.20 bits per heavy atom. The lowest BCUT2D eigenvalue weighted by Gasteiger charge is -2.37. The van der Waals surface area contributed by atoms with Crippen LogP contribution in [0.15, 0.2) is 30.6 Å². The average Bonchev–Trinajstić information content (AvgIpc) is 2.24. The van der Waals surface area contributed by atoms with Crippen molar-refractivity contribution in [2.75, 3.05) is 18.0 Å². The summed E-state index contributed by atoms with van der Waals surface area (Å²) in [6.07, 6.45) is 1.36. The summed E-state index contributed by atoms with van der Waals surface area (Å²) in [4.78, 5) is 10.5. The number of aliphatic hydroxyl groups is 1. The summed E-state index contributed by atoms with van der Waals surface area (Å²) >= 11 is 0. The molecule has 3 rings (SSSR count). The molecule has 1 aromatic carbocycles. The van der Waals surface area contributed by atoms with Crippen LogP contribution in [0.3, 0.4) is 0 Å². The van der Waals surface area contributed by atoms with Crippen molar-refractivity contribution in [3.05, 3.63) is 30.6 Å². The largest absolute Gasteiger partial charge is 0.389 e. The molecule has 2 heterocycles. The van der Waals surface area contributed by atoms with Gasteiger partial charge < -0.3 is 10.0 Å². The van der Waals surface area contributed by atoms with Gasteiger partial charge >= 0.3 is 0 Å². The summed E-state index contributed by atoms with van der Waals surface area (Å²) in [7, 11) is 0. The molecule has 2 aromatic rings. The lowest BCUT2D eigenvalue weighted by Crippen LogP contribution is -2.51. The molecule has 1 N–H and O–H groups in total. The number of nitrogens with zero attached hydrogens (tertiary/aromatic N) is 3. The molecule has 1 fully saturated rings. The summed E-state index contributed by atoms with van der Waals surface area (Å²) in [6, 6.07) is 7.92. The van der Waals surface area contributed by atoms with Gasteiger partial charge in [-0.2, -0.15) is 0 Å². The van der Waals surface area contributed by atoms with Crippen LogP contribution in [0, 0.1) is 0 Å². The molecule has 15 heavy (non-hydrogen) atoms. The highest BCUT2D eigenvalue weighted by molar-refractivity contribution is 5.89. The van der Waals surface area contributed by atoms with Crippen LogP contribution >= 0.6 is 0 Å². The molecule has 1 aromatic heterocycles. The third-order valence-corrected chi connectivity index (χ3v) is 2.68. The van der Waals surface area contributed by atoms with Gasteiger partial charge in [-0.25, -0.2) is 9.97 Å². The van der Waals surface area contributed by atoms with Gasteiger partial charge in [0.15, 0.2) is 0 Å². The number of rotatable bonds is 1. The Labute approximate surface area is 87.2 Å². The zero-order valence-electron chi connectivity index (χ0n) is 8.17. The average molecular weight is 201 g/mol. The van der Waals surface area contributed by atoms with E-state index in [0.29, 0.717) is 13.1 Å². The summed E-state index contributed by atoms with van der Waals surface area (Å²) in [5.41, 5.74) is 0.948. The summed E-state index contributed by atoms with van der Waals surface area (Å²) in [6.45, 7) is 1.34. The molecular weight excluding hydrogens is 190 g/mol. The molecule has 1 aliphatic heterocycles. The van der Waals surface area contributed by atoms with E-state index >= 15 is 0 Å². The van der Waals surface area contributed by atoms with E-state index in [0.717, 1.165) is 16.7 Å². The number of anilines is 1. The Bertz CT molecular complexity index is 489. The number of hydrogen-bond donors (Lipinski definition) is 1. The van der Waals surface area contributed by atoms with Gasteiger partial charge in [0.1, 0.15) is 12.1 Å². The number of para-hydroxylation sites is 1. The molecule has 4 heteroatoms. The van der Waals surface area contributed by atoms with Crippen molar-refractivity contribution < 1.29 is 5.11 Å². The second-order valence-corrected chi connectivity index (χ2v) is 3.77. The zero-order valence-corrected chi connectivity index (χ0v) is 8.17. The molecule has 0 saturated carbocycles. The Hall–Kier alpha value is -1.68. The van der Waals surface area contributed by atoms with E-state index in [1.807, 2.05) is 24.3 Å². The van der Waals surface area contributed by atoms with Gasteiger partial charge in [0.05, 0.1) is 11.6 Å². The van der Waals surface area contributed by atoms with Crippen molar-refractivity contribution in [1.82, 2.24) is 9.97 Å². The number of hydrogen-bond acceptors (Lipinski definition) is 4. The number of benzene rings is 1. The van der Waals surface area contributed by atoms with Crippen LogP contribution < -0.4 is 4.90 Å². The predicted octanol–water partition coefficient (Wildman–Crippen LogP) is 0.811. The first kappa shape index (κ1) is 8.61. The van der Waals surface area contributed by atoms with Crippen LogP contribution in [0.2, 0.25) is 0 Å². The van der Waals surface area contributed by atoms with E-state index in [2.05, 4.69) is 14.9 Å². The third kappa shape index (κ3) is 1.34. The maximum atomic E-state index is 9.27. The molecule has 76 valence electrons. The first-order valence-corrected chi connectivity index (χ1v) is 4.97. The van der Waals surface area contributed by atoms with Crippen LogP contribution in [0.5, 0.6) is 0 Å². The maximum Gasteiger partial charge on any atom is 0.140 e. The van der Waals surface area contributed by atoms with Crippen LogP contribution in [-0.2, 0) is 0 Å². The molecule has 4 nitrogen and oxygen atoms in total. The highest BCUT2D eigenvalue weighted by Gasteiger charge is 2.26. The molecule has 1 aliphatic rings. The fourth-order valence-electron chi connectivity index (χ4n) is 1.87. The SMILES string of the molecule is OC1CN(c2ncnc3ccccc23)C1. The van der Waals surface area contributed by atoms with Gasteiger partial charge in [-0.3, -0.25) is 0 Å². The molecule has 0 amide bonds. The van der Waals surface area contributed by atoms with Crippen LogP contribution in [0.4, 0.5) is 5.82 Å². The van der Waals surface area contributed by atoms with Crippen molar-refractivity contribution in [3.63, 3.8) is 0 Å². The molecule has 1 saturated heterocycles. The number of aromatic nitrogens is 2. The highest BCUT2D eigenvalue weighted by atomic mass is 16.3. The fraction of sp³-hybridized carbons (Fsp3) is 0.273. The van der Waals surface area contributed by atoms with E-state index < -0.39 is 0 Å². The number of aliphatic hydroxyl groups excluding tert-OH is 1. The second-order valence-electron chi connectivity index (χ2n) is 3.77. The quantitative estimate of drug-likeness (QED) is 0.741. The zero-order chi connectivity index (χ0) is 10.3. The van der Waals surface area contributed by atoms with Crippen molar-refractivity contribution in [1.29, 1.82) is 0 Å². The Kier molecular flexibility index (Phi) is 1.82. The van der Waals surface area contributed by atoms with E-state index in [9.17, 15) is 5.11 Å². The van der Waals surface area contributed by atoms with E-state index in [4.69, 9.17) is 0 Å². The molecule has 0 aliphatic carbocycles. The second kappa shape index (κ2) is 3.17. The summed E-state index contributed by atoms with van der Waals surface area (Å²) < 4.78 is 0. The number of β-amino-alcohol motifs (C(OH)–C–C–N with tert-alkyl or cyclic N) is 1. The van der Waals surface area contributed by atoms with E-state index in [1.165, 1.54) is 0 Å². The summed E-state index contributed by atoms with van der Waals surface area (Å²) in [5.74, 6) is 0.922. The van der Waals surface area contributed by atoms with Gasteiger partial charge in [0, 0.05) is 18.5 Å². The van der Waals surface area contributed by atoms with Gasteiger partial charge in [-0.05, 0) is 12.1 Å². The van der Waals surface area contributed by atoms with Gasteiger partial charge in [0.25, 0.3) is 0 Å². The first-order valence-electron chi connectivity index (χ1n) is 4.97. The Morgan fingerprint density at radius 3 is 2.80 bits per heavy atom. The lowest BCUT2D eigenvalue weighted by molar-refractivity contribution is 0.141. The van der Waals surface area contributed by atoms with E-state index in [-0.39, 0.29) is 6.10 Å². The van der Waals surface area contributed by atoms with Crippen molar-refractivity contribution in [3.8, 4) is 0 Å². The van der Waals surface area contributed by atoms with Crippen LogP contribution in [0.25, 0.3) is 10.9 Å². The van der Waals surface area contributed by atoms with E-state index in [1.54, 1.807) is 6.33 Å². The minimum Gasteiger partial charge on any atom is -0.389 e. The van der Waals surface area contributed by atoms with Crippen molar-refractivity contribution >= 4 is 16.7 Å². The van der Waals surface area contributed by atoms with Crippen LogP contribution in [-0.4, -0.2) is 34.3 Å². The van der Waals surface area contributed by atoms with Gasteiger partial charge in [-0.1, -0.05) is 12.1 Å². The standard InChI is InChI=1S/C11H11N3O/c15-8-5-14(6-8)11-9-3-1-2-4-10(9)12-7-13-11/h1-4,7-8,15H,5-6H2. The smallest absolute Gasteiger partial charge is 0.140 e. The molecule has 0 unspecified atom stereocenters. The predicted molar refractivity (Wildman–Crippen MR) is 57.8 cm³/mol. The van der Waals surface area contributed by atoms with Gasteiger partial charge in [-0.15, -0.1) is 0 Å².